The van der Waals surface area contributed by atoms with E-state index in [4.69, 9.17) is 13.9 Å². The number of amides is 1. The van der Waals surface area contributed by atoms with E-state index < -0.39 is 0 Å². The van der Waals surface area contributed by atoms with Crippen molar-refractivity contribution >= 4 is 5.91 Å². The van der Waals surface area contributed by atoms with Gasteiger partial charge in [0.05, 0.1) is 13.7 Å². The van der Waals surface area contributed by atoms with Crippen LogP contribution >= 0.6 is 0 Å². The molecule has 1 unspecified atom stereocenters. The number of aliphatic hydroxyl groups is 1. The van der Waals surface area contributed by atoms with Gasteiger partial charge in [-0.1, -0.05) is 6.92 Å². The Balaban J connectivity index is 1.59. The number of aromatic nitrogens is 1. The third kappa shape index (κ3) is 4.16. The summed E-state index contributed by atoms with van der Waals surface area (Å²) in [6.07, 6.45) is 3.14. The van der Waals surface area contributed by atoms with Gasteiger partial charge >= 0.3 is 0 Å². The molecule has 1 amide bonds. The molecule has 1 fully saturated rings. The molecule has 3 rings (SSSR count). The summed E-state index contributed by atoms with van der Waals surface area (Å²) in [7, 11) is 1.60. The summed E-state index contributed by atoms with van der Waals surface area (Å²) in [5.41, 5.74) is 0.0123. The van der Waals surface area contributed by atoms with Gasteiger partial charge in [-0.25, -0.2) is 4.98 Å². The Hall–Kier alpha value is -2.54. The van der Waals surface area contributed by atoms with Gasteiger partial charge in [-0.15, -0.1) is 0 Å². The van der Waals surface area contributed by atoms with Gasteiger partial charge in [0.1, 0.15) is 17.8 Å². The average molecular weight is 360 g/mol. The molecule has 26 heavy (non-hydrogen) atoms. The lowest BCUT2D eigenvalue weighted by atomic mass is 9.83. The summed E-state index contributed by atoms with van der Waals surface area (Å²) < 4.78 is 16.1. The fourth-order valence-corrected chi connectivity index (χ4v) is 3.07. The van der Waals surface area contributed by atoms with E-state index in [1.165, 1.54) is 6.26 Å². The Morgan fingerprint density at radius 2 is 2.08 bits per heavy atom. The molecule has 2 aromatic rings. The summed E-state index contributed by atoms with van der Waals surface area (Å²) >= 11 is 0. The number of rotatable bonds is 6. The first kappa shape index (κ1) is 18.3. The van der Waals surface area contributed by atoms with Crippen LogP contribution in [0.3, 0.4) is 0 Å². The number of nitrogens with zero attached hydrogens (tertiary/aromatic N) is 2. The number of hydrogen-bond donors (Lipinski definition) is 1. The summed E-state index contributed by atoms with van der Waals surface area (Å²) in [5, 5.41) is 9.54. The first-order valence-corrected chi connectivity index (χ1v) is 8.64. The maximum Gasteiger partial charge on any atom is 0.275 e. The monoisotopic (exact) mass is 360 g/mol. The lowest BCUT2D eigenvalue weighted by molar-refractivity contribution is 0.0353. The predicted octanol–water partition coefficient (Wildman–Crippen LogP) is 2.50. The highest BCUT2D eigenvalue weighted by atomic mass is 16.5. The van der Waals surface area contributed by atoms with Crippen LogP contribution in [-0.4, -0.2) is 47.7 Å². The van der Waals surface area contributed by atoms with Crippen LogP contribution in [0.1, 0.15) is 36.1 Å². The molecule has 0 saturated carbocycles. The Morgan fingerprint density at radius 1 is 1.35 bits per heavy atom. The molecule has 7 heteroatoms. The van der Waals surface area contributed by atoms with E-state index >= 15 is 0 Å². The van der Waals surface area contributed by atoms with E-state index in [1.807, 2.05) is 6.92 Å². The highest BCUT2D eigenvalue weighted by molar-refractivity contribution is 5.92. The van der Waals surface area contributed by atoms with E-state index in [0.29, 0.717) is 24.7 Å². The van der Waals surface area contributed by atoms with E-state index in [-0.39, 0.29) is 30.2 Å². The number of hydrogen-bond acceptors (Lipinski definition) is 6. The zero-order chi connectivity index (χ0) is 18.6. The van der Waals surface area contributed by atoms with Gasteiger partial charge in [0.25, 0.3) is 5.91 Å². The van der Waals surface area contributed by atoms with Gasteiger partial charge in [-0.3, -0.25) is 4.79 Å². The van der Waals surface area contributed by atoms with Crippen molar-refractivity contribution in [2.24, 2.45) is 5.41 Å². The van der Waals surface area contributed by atoms with Crippen molar-refractivity contribution in [3.05, 3.63) is 42.1 Å². The van der Waals surface area contributed by atoms with Crippen molar-refractivity contribution < 1.29 is 23.8 Å². The fourth-order valence-electron chi connectivity index (χ4n) is 3.07. The van der Waals surface area contributed by atoms with Crippen LogP contribution in [-0.2, 0) is 6.61 Å². The number of ether oxygens (including phenoxy) is 2. The Labute approximate surface area is 152 Å². The first-order chi connectivity index (χ1) is 12.5. The smallest absolute Gasteiger partial charge is 0.275 e. The summed E-state index contributed by atoms with van der Waals surface area (Å²) in [6.45, 7) is 3.37. The van der Waals surface area contributed by atoms with Crippen molar-refractivity contribution in [1.29, 1.82) is 0 Å². The van der Waals surface area contributed by atoms with Crippen LogP contribution in [0.15, 0.2) is 34.9 Å². The number of piperidine rings is 1. The number of aliphatic hydroxyl groups excluding tert-OH is 1. The second kappa shape index (κ2) is 7.78. The fraction of sp³-hybridized carbons (Fsp3) is 0.474. The van der Waals surface area contributed by atoms with Crippen molar-refractivity contribution in [3.8, 4) is 11.5 Å². The third-order valence-electron chi connectivity index (χ3n) is 4.64. The van der Waals surface area contributed by atoms with E-state index in [9.17, 15) is 9.90 Å². The number of benzene rings is 1. The molecule has 0 spiro atoms. The molecule has 0 aliphatic carbocycles. The lowest BCUT2D eigenvalue weighted by Gasteiger charge is -2.38. The largest absolute Gasteiger partial charge is 0.497 e. The van der Waals surface area contributed by atoms with Gasteiger partial charge in [-0.05, 0) is 37.1 Å². The molecule has 140 valence electrons. The molecule has 1 aliphatic heterocycles. The number of carbonyl (C=O) groups is 1. The van der Waals surface area contributed by atoms with Crippen LogP contribution in [0.5, 0.6) is 11.5 Å². The molecule has 2 heterocycles. The van der Waals surface area contributed by atoms with Crippen molar-refractivity contribution in [1.82, 2.24) is 9.88 Å². The highest BCUT2D eigenvalue weighted by Gasteiger charge is 2.33. The van der Waals surface area contributed by atoms with Gasteiger partial charge in [0, 0.05) is 18.5 Å². The zero-order valence-corrected chi connectivity index (χ0v) is 15.1. The summed E-state index contributed by atoms with van der Waals surface area (Å²) in [4.78, 5) is 18.6. The Bertz CT molecular complexity index is 743. The third-order valence-corrected chi connectivity index (χ3v) is 4.64. The number of carbonyl (C=O) groups excluding carboxylic acids is 1. The van der Waals surface area contributed by atoms with Crippen LogP contribution in [0.4, 0.5) is 0 Å². The highest BCUT2D eigenvalue weighted by Crippen LogP contribution is 2.29. The molecular formula is C19H24N2O5. The van der Waals surface area contributed by atoms with Gasteiger partial charge < -0.3 is 23.9 Å². The van der Waals surface area contributed by atoms with Gasteiger partial charge in [0.2, 0.25) is 5.89 Å². The zero-order valence-electron chi connectivity index (χ0n) is 15.1. The minimum Gasteiger partial charge on any atom is -0.497 e. The van der Waals surface area contributed by atoms with Crippen LogP contribution < -0.4 is 9.47 Å². The van der Waals surface area contributed by atoms with E-state index in [0.717, 1.165) is 18.6 Å². The molecule has 1 aromatic carbocycles. The quantitative estimate of drug-likeness (QED) is 0.852. The molecule has 0 bridgehead atoms. The average Bonchev–Trinajstić information content (AvgIpc) is 3.15. The molecule has 1 saturated heterocycles. The summed E-state index contributed by atoms with van der Waals surface area (Å²) in [6, 6.07) is 7.18. The standard InChI is InChI=1S/C19H24N2O5/c1-19(13-22)8-3-9-21(12-19)18(23)16-10-26-17(20-16)11-25-15-6-4-14(24-2)5-7-15/h4-7,10,22H,3,8-9,11-13H2,1-2H3. The topological polar surface area (TPSA) is 85.0 Å². The lowest BCUT2D eigenvalue weighted by Crippen LogP contribution is -2.46. The maximum absolute atomic E-state index is 12.6. The van der Waals surface area contributed by atoms with Crippen LogP contribution in [0, 0.1) is 5.41 Å². The summed E-state index contributed by atoms with van der Waals surface area (Å²) in [5.74, 6) is 1.57. The molecule has 1 atom stereocenters. The van der Waals surface area contributed by atoms with Gasteiger partial charge in [-0.2, -0.15) is 0 Å². The Kier molecular flexibility index (Phi) is 5.46. The second-order valence-electron chi connectivity index (χ2n) is 6.89. The second-order valence-corrected chi connectivity index (χ2v) is 6.89. The number of likely N-dealkylation sites (tertiary alicyclic amines) is 1. The number of oxazole rings is 1. The molecule has 1 aliphatic rings. The van der Waals surface area contributed by atoms with Gasteiger partial charge in [0.15, 0.2) is 12.3 Å². The molecule has 1 aromatic heterocycles. The van der Waals surface area contributed by atoms with Crippen LogP contribution in [0.2, 0.25) is 0 Å². The molecule has 7 nitrogen and oxygen atoms in total. The van der Waals surface area contributed by atoms with Crippen molar-refractivity contribution in [2.75, 3.05) is 26.8 Å². The Morgan fingerprint density at radius 3 is 2.77 bits per heavy atom. The molecule has 1 N–H and O–H groups in total. The minimum absolute atomic E-state index is 0.0660. The van der Waals surface area contributed by atoms with Crippen molar-refractivity contribution in [2.45, 2.75) is 26.4 Å². The molecule has 0 radical (unpaired) electrons. The SMILES string of the molecule is COc1ccc(OCc2nc(C(=O)N3CCCC(C)(CO)C3)co2)cc1. The maximum atomic E-state index is 12.6. The molecular weight excluding hydrogens is 336 g/mol. The van der Waals surface area contributed by atoms with E-state index in [1.54, 1.807) is 36.3 Å². The van der Waals surface area contributed by atoms with Crippen LogP contribution in [0.25, 0.3) is 0 Å². The van der Waals surface area contributed by atoms with E-state index in [2.05, 4.69) is 4.98 Å². The number of methoxy groups -OCH3 is 1. The minimum atomic E-state index is -0.252. The first-order valence-electron chi connectivity index (χ1n) is 8.64. The predicted molar refractivity (Wildman–Crippen MR) is 94.2 cm³/mol. The normalized spacial score (nSPS) is 20.0. The van der Waals surface area contributed by atoms with Crippen molar-refractivity contribution in [3.63, 3.8) is 0 Å².